The molecule has 0 aliphatic rings. The van der Waals surface area contributed by atoms with E-state index in [1.54, 1.807) is 18.3 Å². The van der Waals surface area contributed by atoms with Gasteiger partial charge in [-0.25, -0.2) is 4.98 Å². The molecule has 4 heteroatoms. The van der Waals surface area contributed by atoms with E-state index >= 15 is 0 Å². The van der Waals surface area contributed by atoms with E-state index in [4.69, 9.17) is 16.3 Å². The van der Waals surface area contributed by atoms with Gasteiger partial charge in [0.2, 0.25) is 5.88 Å². The maximum absolute atomic E-state index is 5.80. The summed E-state index contributed by atoms with van der Waals surface area (Å²) in [6.07, 6.45) is 1.56. The number of rotatable bonds is 2. The third-order valence-electron chi connectivity index (χ3n) is 3.04. The SMILES string of the molecule is Cc1cc(C)c2cc(Oc3ccc(Cl)cn3)ccc2n1. The topological polar surface area (TPSA) is 35.0 Å². The molecule has 0 aliphatic carbocycles. The first-order valence-corrected chi connectivity index (χ1v) is 6.67. The van der Waals surface area contributed by atoms with Crippen molar-refractivity contribution in [3.63, 3.8) is 0 Å². The number of hydrogen-bond donors (Lipinski definition) is 0. The summed E-state index contributed by atoms with van der Waals surface area (Å²) in [5, 5.41) is 1.67. The molecule has 0 radical (unpaired) electrons. The van der Waals surface area contributed by atoms with E-state index in [0.29, 0.717) is 10.9 Å². The molecule has 3 rings (SSSR count). The Kier molecular flexibility index (Phi) is 3.28. The third-order valence-corrected chi connectivity index (χ3v) is 3.26. The van der Waals surface area contributed by atoms with E-state index in [1.165, 1.54) is 5.56 Å². The summed E-state index contributed by atoms with van der Waals surface area (Å²) in [5.74, 6) is 1.26. The normalized spacial score (nSPS) is 10.8. The summed E-state index contributed by atoms with van der Waals surface area (Å²) < 4.78 is 5.73. The number of aromatic nitrogens is 2. The Morgan fingerprint density at radius 2 is 1.90 bits per heavy atom. The van der Waals surface area contributed by atoms with Crippen LogP contribution < -0.4 is 4.74 Å². The average Bonchev–Trinajstić information content (AvgIpc) is 2.42. The molecule has 0 fully saturated rings. The Bertz CT molecular complexity index is 769. The molecule has 0 bridgehead atoms. The molecule has 2 aromatic heterocycles. The molecule has 3 nitrogen and oxygen atoms in total. The number of benzene rings is 1. The number of pyridine rings is 2. The van der Waals surface area contributed by atoms with Crippen molar-refractivity contribution in [2.45, 2.75) is 13.8 Å². The van der Waals surface area contributed by atoms with Crippen molar-refractivity contribution in [2.75, 3.05) is 0 Å². The summed E-state index contributed by atoms with van der Waals surface area (Å²) in [4.78, 5) is 8.63. The zero-order valence-corrected chi connectivity index (χ0v) is 12.0. The van der Waals surface area contributed by atoms with Gasteiger partial charge < -0.3 is 4.74 Å². The number of halogens is 1. The summed E-state index contributed by atoms with van der Waals surface area (Å²) in [6.45, 7) is 4.07. The van der Waals surface area contributed by atoms with Gasteiger partial charge in [0.15, 0.2) is 0 Å². The monoisotopic (exact) mass is 284 g/mol. The molecule has 0 saturated carbocycles. The highest BCUT2D eigenvalue weighted by Crippen LogP contribution is 2.26. The molecular weight excluding hydrogens is 272 g/mol. The molecule has 0 unspecified atom stereocenters. The van der Waals surface area contributed by atoms with Crippen LogP contribution in [0.25, 0.3) is 10.9 Å². The zero-order valence-electron chi connectivity index (χ0n) is 11.2. The lowest BCUT2D eigenvalue weighted by atomic mass is 10.1. The molecule has 100 valence electrons. The number of nitrogens with zero attached hydrogens (tertiary/aromatic N) is 2. The van der Waals surface area contributed by atoms with E-state index in [9.17, 15) is 0 Å². The van der Waals surface area contributed by atoms with Crippen LogP contribution in [0.1, 0.15) is 11.3 Å². The molecule has 0 saturated heterocycles. The third kappa shape index (κ3) is 2.58. The highest BCUT2D eigenvalue weighted by molar-refractivity contribution is 6.30. The van der Waals surface area contributed by atoms with Crippen molar-refractivity contribution in [3.8, 4) is 11.6 Å². The van der Waals surface area contributed by atoms with Crippen LogP contribution in [0.4, 0.5) is 0 Å². The Balaban J connectivity index is 1.98. The summed E-state index contributed by atoms with van der Waals surface area (Å²) in [7, 11) is 0. The van der Waals surface area contributed by atoms with Gasteiger partial charge in [0.25, 0.3) is 0 Å². The van der Waals surface area contributed by atoms with E-state index in [1.807, 2.05) is 25.1 Å². The van der Waals surface area contributed by atoms with Crippen LogP contribution in [0.3, 0.4) is 0 Å². The second-order valence-electron chi connectivity index (χ2n) is 4.68. The van der Waals surface area contributed by atoms with Crippen LogP contribution in [0.15, 0.2) is 42.6 Å². The van der Waals surface area contributed by atoms with Gasteiger partial charge in [-0.3, -0.25) is 4.98 Å². The number of ether oxygens (including phenoxy) is 1. The quantitative estimate of drug-likeness (QED) is 0.684. The Morgan fingerprint density at radius 1 is 1.05 bits per heavy atom. The van der Waals surface area contributed by atoms with Crippen LogP contribution in [0, 0.1) is 13.8 Å². The van der Waals surface area contributed by atoms with Gasteiger partial charge in [0.1, 0.15) is 5.75 Å². The summed E-state index contributed by atoms with van der Waals surface area (Å²) in [6, 6.07) is 11.4. The first kappa shape index (κ1) is 12.9. The van der Waals surface area contributed by atoms with Gasteiger partial charge in [-0.1, -0.05) is 11.6 Å². The fourth-order valence-corrected chi connectivity index (χ4v) is 2.26. The maximum atomic E-state index is 5.80. The second kappa shape index (κ2) is 5.10. The molecule has 0 spiro atoms. The van der Waals surface area contributed by atoms with Crippen LogP contribution in [0.2, 0.25) is 5.02 Å². The molecule has 20 heavy (non-hydrogen) atoms. The predicted molar refractivity (Wildman–Crippen MR) is 80.5 cm³/mol. The summed E-state index contributed by atoms with van der Waals surface area (Å²) >= 11 is 5.80. The van der Waals surface area contributed by atoms with E-state index < -0.39 is 0 Å². The molecule has 2 heterocycles. The maximum Gasteiger partial charge on any atom is 0.219 e. The van der Waals surface area contributed by atoms with Crippen molar-refractivity contribution in [1.29, 1.82) is 0 Å². The lowest BCUT2D eigenvalue weighted by Crippen LogP contribution is -1.90. The van der Waals surface area contributed by atoms with Crippen molar-refractivity contribution in [2.24, 2.45) is 0 Å². The zero-order chi connectivity index (χ0) is 14.1. The van der Waals surface area contributed by atoms with Gasteiger partial charge in [0, 0.05) is 23.3 Å². The van der Waals surface area contributed by atoms with Crippen molar-refractivity contribution in [3.05, 3.63) is 58.9 Å². The summed E-state index contributed by atoms with van der Waals surface area (Å²) in [5.41, 5.74) is 3.17. The minimum atomic E-state index is 0.520. The Hall–Kier alpha value is -2.13. The number of hydrogen-bond acceptors (Lipinski definition) is 3. The lowest BCUT2D eigenvalue weighted by molar-refractivity contribution is 0.463. The fourth-order valence-electron chi connectivity index (χ4n) is 2.15. The fraction of sp³-hybridized carbons (Fsp3) is 0.125. The van der Waals surface area contributed by atoms with Gasteiger partial charge >= 0.3 is 0 Å². The van der Waals surface area contributed by atoms with Crippen molar-refractivity contribution >= 4 is 22.5 Å². The largest absolute Gasteiger partial charge is 0.439 e. The molecule has 0 N–H and O–H groups in total. The Labute approximate surface area is 122 Å². The average molecular weight is 285 g/mol. The van der Waals surface area contributed by atoms with Gasteiger partial charge in [-0.05, 0) is 49.7 Å². The van der Waals surface area contributed by atoms with Gasteiger partial charge in [-0.2, -0.15) is 0 Å². The van der Waals surface area contributed by atoms with Crippen molar-refractivity contribution < 1.29 is 4.74 Å². The van der Waals surface area contributed by atoms with Crippen LogP contribution in [-0.2, 0) is 0 Å². The molecule has 0 atom stereocenters. The van der Waals surface area contributed by atoms with E-state index in [2.05, 4.69) is 23.0 Å². The number of fused-ring (bicyclic) bond motifs is 1. The first-order valence-electron chi connectivity index (χ1n) is 6.29. The highest BCUT2D eigenvalue weighted by atomic mass is 35.5. The molecule has 0 amide bonds. The standard InChI is InChI=1S/C16H13ClN2O/c1-10-7-11(2)19-15-5-4-13(8-14(10)15)20-16-6-3-12(17)9-18-16/h3-9H,1-2H3. The molecular formula is C16H13ClN2O. The van der Waals surface area contributed by atoms with E-state index in [0.717, 1.165) is 22.3 Å². The molecule has 1 aromatic carbocycles. The van der Waals surface area contributed by atoms with Crippen molar-refractivity contribution in [1.82, 2.24) is 9.97 Å². The van der Waals surface area contributed by atoms with Crippen LogP contribution in [0.5, 0.6) is 11.6 Å². The Morgan fingerprint density at radius 3 is 2.65 bits per heavy atom. The van der Waals surface area contributed by atoms with Gasteiger partial charge in [0.05, 0.1) is 10.5 Å². The van der Waals surface area contributed by atoms with Crippen LogP contribution in [-0.4, -0.2) is 9.97 Å². The predicted octanol–water partition coefficient (Wildman–Crippen LogP) is 4.69. The lowest BCUT2D eigenvalue weighted by Gasteiger charge is -2.08. The second-order valence-corrected chi connectivity index (χ2v) is 5.11. The van der Waals surface area contributed by atoms with E-state index in [-0.39, 0.29) is 0 Å². The smallest absolute Gasteiger partial charge is 0.219 e. The van der Waals surface area contributed by atoms with Crippen LogP contribution >= 0.6 is 11.6 Å². The minimum Gasteiger partial charge on any atom is -0.439 e. The van der Waals surface area contributed by atoms with Gasteiger partial charge in [-0.15, -0.1) is 0 Å². The molecule has 0 aliphatic heterocycles. The molecule has 3 aromatic rings. The first-order chi connectivity index (χ1) is 9.61. The number of aryl methyl sites for hydroxylation is 2. The highest BCUT2D eigenvalue weighted by Gasteiger charge is 2.04. The minimum absolute atomic E-state index is 0.520.